The molecule has 1 unspecified atom stereocenters. The molecule has 0 aliphatic carbocycles. The van der Waals surface area contributed by atoms with E-state index in [1.807, 2.05) is 32.0 Å². The number of hydrogen-bond acceptors (Lipinski definition) is 3. The SMILES string of the molecule is CN=C(NCC(=O)NC(C)C)NC1CCN(c2cccc(Cl)c2)C1. The van der Waals surface area contributed by atoms with Crippen LogP contribution in [0.2, 0.25) is 5.02 Å². The van der Waals surface area contributed by atoms with Crippen LogP contribution in [-0.4, -0.2) is 50.6 Å². The first kappa shape index (κ1) is 18.4. The van der Waals surface area contributed by atoms with Crippen molar-refractivity contribution in [2.75, 3.05) is 31.6 Å². The van der Waals surface area contributed by atoms with Gasteiger partial charge in [-0.3, -0.25) is 9.79 Å². The Morgan fingerprint density at radius 1 is 1.46 bits per heavy atom. The largest absolute Gasteiger partial charge is 0.369 e. The molecular weight excluding hydrogens is 326 g/mol. The first-order valence-electron chi connectivity index (χ1n) is 8.25. The Labute approximate surface area is 148 Å². The summed E-state index contributed by atoms with van der Waals surface area (Å²) in [6.45, 7) is 5.92. The quantitative estimate of drug-likeness (QED) is 0.557. The van der Waals surface area contributed by atoms with Crippen LogP contribution in [0.25, 0.3) is 0 Å². The topological polar surface area (TPSA) is 68.8 Å². The van der Waals surface area contributed by atoms with Crippen molar-refractivity contribution in [1.82, 2.24) is 16.0 Å². The maximum atomic E-state index is 11.7. The highest BCUT2D eigenvalue weighted by Crippen LogP contribution is 2.23. The van der Waals surface area contributed by atoms with Crippen molar-refractivity contribution >= 4 is 29.2 Å². The van der Waals surface area contributed by atoms with Crippen molar-refractivity contribution < 1.29 is 4.79 Å². The fourth-order valence-electron chi connectivity index (χ4n) is 2.71. The lowest BCUT2D eigenvalue weighted by molar-refractivity contribution is -0.120. The minimum atomic E-state index is -0.0417. The average Bonchev–Trinajstić information content (AvgIpc) is 2.99. The molecule has 1 fully saturated rings. The lowest BCUT2D eigenvalue weighted by Gasteiger charge is -2.20. The van der Waals surface area contributed by atoms with Gasteiger partial charge in [0.15, 0.2) is 5.96 Å². The van der Waals surface area contributed by atoms with Gasteiger partial charge in [0.2, 0.25) is 5.91 Å². The summed E-state index contributed by atoms with van der Waals surface area (Å²) >= 11 is 6.06. The van der Waals surface area contributed by atoms with E-state index < -0.39 is 0 Å². The summed E-state index contributed by atoms with van der Waals surface area (Å²) in [5, 5.41) is 10.0. The van der Waals surface area contributed by atoms with Gasteiger partial charge in [0.1, 0.15) is 0 Å². The van der Waals surface area contributed by atoms with Crippen molar-refractivity contribution in [3.8, 4) is 0 Å². The predicted octanol–water partition coefficient (Wildman–Crippen LogP) is 1.61. The van der Waals surface area contributed by atoms with Gasteiger partial charge in [-0.05, 0) is 38.5 Å². The molecule has 0 bridgehead atoms. The van der Waals surface area contributed by atoms with Gasteiger partial charge in [-0.2, -0.15) is 0 Å². The standard InChI is InChI=1S/C17H26ClN5O/c1-12(2)21-16(24)10-20-17(19-3)22-14-7-8-23(11-14)15-6-4-5-13(18)9-15/h4-6,9,12,14H,7-8,10-11H2,1-3H3,(H,21,24)(H2,19,20,22). The summed E-state index contributed by atoms with van der Waals surface area (Å²) in [5.74, 6) is 0.603. The zero-order chi connectivity index (χ0) is 17.5. The number of carbonyl (C=O) groups excluding carboxylic acids is 1. The van der Waals surface area contributed by atoms with Crippen LogP contribution < -0.4 is 20.9 Å². The first-order chi connectivity index (χ1) is 11.5. The molecule has 1 heterocycles. The molecule has 1 amide bonds. The number of amides is 1. The van der Waals surface area contributed by atoms with Crippen molar-refractivity contribution in [2.45, 2.75) is 32.4 Å². The third-order valence-electron chi connectivity index (χ3n) is 3.79. The van der Waals surface area contributed by atoms with Crippen molar-refractivity contribution in [3.63, 3.8) is 0 Å². The van der Waals surface area contributed by atoms with E-state index in [1.165, 1.54) is 0 Å². The van der Waals surface area contributed by atoms with E-state index in [0.717, 1.165) is 30.2 Å². The number of nitrogens with one attached hydrogen (secondary N) is 3. The van der Waals surface area contributed by atoms with Gasteiger partial charge in [-0.25, -0.2) is 0 Å². The molecule has 7 heteroatoms. The summed E-state index contributed by atoms with van der Waals surface area (Å²) in [5.41, 5.74) is 1.13. The molecule has 0 radical (unpaired) electrons. The van der Waals surface area contributed by atoms with Crippen molar-refractivity contribution in [2.24, 2.45) is 4.99 Å². The molecule has 0 spiro atoms. The number of rotatable bonds is 5. The molecule has 24 heavy (non-hydrogen) atoms. The van der Waals surface area contributed by atoms with Crippen LogP contribution in [-0.2, 0) is 4.79 Å². The highest BCUT2D eigenvalue weighted by atomic mass is 35.5. The molecule has 1 aromatic rings. The second-order valence-corrected chi connectivity index (χ2v) is 6.64. The van der Waals surface area contributed by atoms with E-state index >= 15 is 0 Å². The van der Waals surface area contributed by atoms with Crippen molar-refractivity contribution in [3.05, 3.63) is 29.3 Å². The van der Waals surface area contributed by atoms with Gasteiger partial charge < -0.3 is 20.9 Å². The molecular formula is C17H26ClN5O. The molecule has 1 aromatic carbocycles. The molecule has 1 saturated heterocycles. The van der Waals surface area contributed by atoms with Gasteiger partial charge in [-0.1, -0.05) is 17.7 Å². The van der Waals surface area contributed by atoms with E-state index in [9.17, 15) is 4.79 Å². The second-order valence-electron chi connectivity index (χ2n) is 6.20. The Hall–Kier alpha value is -1.95. The Bertz CT molecular complexity index is 590. The van der Waals surface area contributed by atoms with Crippen LogP contribution in [0.4, 0.5) is 5.69 Å². The molecule has 6 nitrogen and oxygen atoms in total. The highest BCUT2D eigenvalue weighted by molar-refractivity contribution is 6.30. The monoisotopic (exact) mass is 351 g/mol. The van der Waals surface area contributed by atoms with Crippen molar-refractivity contribution in [1.29, 1.82) is 0 Å². The van der Waals surface area contributed by atoms with Crippen LogP contribution in [0.5, 0.6) is 0 Å². The molecule has 2 rings (SSSR count). The number of halogens is 1. The number of hydrogen-bond donors (Lipinski definition) is 3. The number of aliphatic imine (C=N–C) groups is 1. The first-order valence-corrected chi connectivity index (χ1v) is 8.62. The van der Waals surface area contributed by atoms with Gasteiger partial charge in [0, 0.05) is 42.9 Å². The fourth-order valence-corrected chi connectivity index (χ4v) is 2.89. The lowest BCUT2D eigenvalue weighted by atomic mass is 10.2. The second kappa shape index (κ2) is 8.78. The molecule has 1 aliphatic rings. The number of carbonyl (C=O) groups is 1. The van der Waals surface area contributed by atoms with E-state index in [-0.39, 0.29) is 24.5 Å². The zero-order valence-corrected chi connectivity index (χ0v) is 15.2. The predicted molar refractivity (Wildman–Crippen MR) is 99.8 cm³/mol. The van der Waals surface area contributed by atoms with E-state index in [2.05, 4.69) is 31.9 Å². The van der Waals surface area contributed by atoms with Gasteiger partial charge in [0.25, 0.3) is 0 Å². The van der Waals surface area contributed by atoms with Gasteiger partial charge in [0.05, 0.1) is 6.54 Å². The van der Waals surface area contributed by atoms with E-state index in [1.54, 1.807) is 7.05 Å². The molecule has 0 aromatic heterocycles. The molecule has 1 aliphatic heterocycles. The summed E-state index contributed by atoms with van der Waals surface area (Å²) in [6.07, 6.45) is 1.01. The summed E-state index contributed by atoms with van der Waals surface area (Å²) < 4.78 is 0. The fraction of sp³-hybridized carbons (Fsp3) is 0.529. The van der Waals surface area contributed by atoms with E-state index in [4.69, 9.17) is 11.6 Å². The van der Waals surface area contributed by atoms with Crippen LogP contribution in [0.3, 0.4) is 0 Å². The maximum absolute atomic E-state index is 11.7. The third-order valence-corrected chi connectivity index (χ3v) is 4.03. The maximum Gasteiger partial charge on any atom is 0.239 e. The van der Waals surface area contributed by atoms with Crippen LogP contribution in [0.15, 0.2) is 29.3 Å². The van der Waals surface area contributed by atoms with Crippen LogP contribution >= 0.6 is 11.6 Å². The minimum absolute atomic E-state index is 0.0417. The Kier molecular flexibility index (Phi) is 6.73. The van der Waals surface area contributed by atoms with Crippen LogP contribution in [0.1, 0.15) is 20.3 Å². The van der Waals surface area contributed by atoms with Gasteiger partial charge in [-0.15, -0.1) is 0 Å². The summed E-state index contributed by atoms with van der Waals surface area (Å²) in [7, 11) is 1.71. The number of nitrogens with zero attached hydrogens (tertiary/aromatic N) is 2. The minimum Gasteiger partial charge on any atom is -0.369 e. The summed E-state index contributed by atoms with van der Waals surface area (Å²) in [6, 6.07) is 8.31. The average molecular weight is 352 g/mol. The Balaban J connectivity index is 1.81. The lowest BCUT2D eigenvalue weighted by Crippen LogP contribution is -2.48. The molecule has 3 N–H and O–H groups in total. The third kappa shape index (κ3) is 5.60. The molecule has 1 atom stereocenters. The number of anilines is 1. The number of guanidine groups is 1. The molecule has 0 saturated carbocycles. The highest BCUT2D eigenvalue weighted by Gasteiger charge is 2.23. The van der Waals surface area contributed by atoms with Gasteiger partial charge >= 0.3 is 0 Å². The Morgan fingerprint density at radius 2 is 2.25 bits per heavy atom. The summed E-state index contributed by atoms with van der Waals surface area (Å²) in [4.78, 5) is 18.2. The number of benzene rings is 1. The van der Waals surface area contributed by atoms with Crippen LogP contribution in [0, 0.1) is 0 Å². The van der Waals surface area contributed by atoms with E-state index in [0.29, 0.717) is 5.96 Å². The molecule has 132 valence electrons. The normalized spacial score (nSPS) is 18.0. The zero-order valence-electron chi connectivity index (χ0n) is 14.5. The Morgan fingerprint density at radius 3 is 2.92 bits per heavy atom. The smallest absolute Gasteiger partial charge is 0.239 e.